The molecule has 2 aliphatic heterocycles. The third-order valence-electron chi connectivity index (χ3n) is 4.02. The second-order valence-electron chi connectivity index (χ2n) is 8.02. The fourth-order valence-corrected chi connectivity index (χ4v) is 2.94. The predicted molar refractivity (Wildman–Crippen MR) is 93.1 cm³/mol. The maximum atomic E-state index is 12.6. The van der Waals surface area contributed by atoms with Gasteiger partial charge in [0.05, 0.1) is 13.1 Å². The second kappa shape index (κ2) is 6.00. The quantitative estimate of drug-likeness (QED) is 0.764. The topological polar surface area (TPSA) is 57.2 Å². The Hall–Kier alpha value is -2.11. The van der Waals surface area contributed by atoms with Crippen molar-refractivity contribution in [3.63, 3.8) is 0 Å². The van der Waals surface area contributed by atoms with E-state index in [0.29, 0.717) is 24.6 Å². The summed E-state index contributed by atoms with van der Waals surface area (Å²) in [5, 5.41) is 0. The molecule has 2 heterocycles. The zero-order valence-corrected chi connectivity index (χ0v) is 15.8. The van der Waals surface area contributed by atoms with Gasteiger partial charge >= 0.3 is 6.09 Å². The van der Waals surface area contributed by atoms with Gasteiger partial charge in [-0.25, -0.2) is 4.79 Å². The number of carbonyl (C=O) groups excluding carboxylic acids is 1. The zero-order valence-electron chi connectivity index (χ0n) is 15.8. The van der Waals surface area contributed by atoms with Crippen molar-refractivity contribution in [2.75, 3.05) is 6.54 Å². The minimum atomic E-state index is -0.697. The lowest BCUT2D eigenvalue weighted by molar-refractivity contribution is -0.0432. The summed E-state index contributed by atoms with van der Waals surface area (Å²) in [5.74, 6) is 1.38. The van der Waals surface area contributed by atoms with Gasteiger partial charge in [0, 0.05) is 25.5 Å². The Labute approximate surface area is 149 Å². The van der Waals surface area contributed by atoms with E-state index in [1.165, 1.54) is 0 Å². The zero-order chi connectivity index (χ0) is 18.4. The number of benzene rings is 1. The molecule has 6 nitrogen and oxygen atoms in total. The Morgan fingerprint density at radius 2 is 1.88 bits per heavy atom. The molecule has 1 atom stereocenters. The summed E-state index contributed by atoms with van der Waals surface area (Å²) in [7, 11) is 0. The van der Waals surface area contributed by atoms with E-state index in [9.17, 15) is 4.79 Å². The number of hydrogen-bond donors (Lipinski definition) is 0. The van der Waals surface area contributed by atoms with Crippen LogP contribution in [0.5, 0.6) is 17.2 Å². The fraction of sp³-hybridized carbons (Fsp3) is 0.632. The van der Waals surface area contributed by atoms with E-state index in [-0.39, 0.29) is 12.2 Å². The molecule has 3 rings (SSSR count). The van der Waals surface area contributed by atoms with Gasteiger partial charge in [-0.2, -0.15) is 0 Å². The monoisotopic (exact) mass is 349 g/mol. The van der Waals surface area contributed by atoms with Gasteiger partial charge in [0.15, 0.2) is 11.5 Å². The van der Waals surface area contributed by atoms with Crippen LogP contribution in [0.1, 0.15) is 53.5 Å². The van der Waals surface area contributed by atoms with Gasteiger partial charge in [0.2, 0.25) is 5.79 Å². The van der Waals surface area contributed by atoms with Crippen molar-refractivity contribution in [3.8, 4) is 17.2 Å². The van der Waals surface area contributed by atoms with Crippen LogP contribution < -0.4 is 14.2 Å². The number of nitrogens with zero attached hydrogens (tertiary/aromatic N) is 1. The van der Waals surface area contributed by atoms with Crippen LogP contribution in [0.3, 0.4) is 0 Å². The molecule has 0 radical (unpaired) electrons. The minimum Gasteiger partial charge on any atom is -0.488 e. The molecule has 138 valence electrons. The molecule has 1 aromatic rings. The minimum absolute atomic E-state index is 0.0952. The van der Waals surface area contributed by atoms with E-state index < -0.39 is 11.4 Å². The number of fused-ring (bicyclic) bond motifs is 2. The number of rotatable bonds is 1. The summed E-state index contributed by atoms with van der Waals surface area (Å²) in [4.78, 5) is 14.3. The van der Waals surface area contributed by atoms with Gasteiger partial charge < -0.3 is 23.8 Å². The highest BCUT2D eigenvalue weighted by atomic mass is 16.7. The third-order valence-corrected chi connectivity index (χ3v) is 4.02. The molecule has 0 aromatic heterocycles. The molecule has 0 fully saturated rings. The standard InChI is InChI=1S/C19H27NO5/c1-7-13-11-20(17(21)25-18(2,3)4)10-12-8-15-16(9-14(12)22-13)24-19(5,6)23-15/h8-9,13H,7,10-11H2,1-6H3/t13-/m1/s1. The molecule has 25 heavy (non-hydrogen) atoms. The predicted octanol–water partition coefficient (Wildman–Crippen LogP) is 4.10. The van der Waals surface area contributed by atoms with E-state index >= 15 is 0 Å². The molecule has 1 amide bonds. The van der Waals surface area contributed by atoms with Crippen LogP contribution in [0.4, 0.5) is 4.79 Å². The lowest BCUT2D eigenvalue weighted by Gasteiger charge is -2.27. The van der Waals surface area contributed by atoms with Crippen LogP contribution in [0.15, 0.2) is 12.1 Å². The first-order valence-corrected chi connectivity index (χ1v) is 8.76. The van der Waals surface area contributed by atoms with Gasteiger partial charge in [-0.05, 0) is 33.3 Å². The molecule has 0 N–H and O–H groups in total. The molecular weight excluding hydrogens is 322 g/mol. The Morgan fingerprint density at radius 3 is 2.48 bits per heavy atom. The summed E-state index contributed by atoms with van der Waals surface area (Å²) in [5.41, 5.74) is 0.357. The van der Waals surface area contributed by atoms with Gasteiger partial charge in [-0.3, -0.25) is 0 Å². The van der Waals surface area contributed by atoms with Gasteiger partial charge in [-0.15, -0.1) is 0 Å². The van der Waals surface area contributed by atoms with Crippen molar-refractivity contribution in [2.24, 2.45) is 0 Å². The van der Waals surface area contributed by atoms with Crippen molar-refractivity contribution >= 4 is 6.09 Å². The Morgan fingerprint density at radius 1 is 1.24 bits per heavy atom. The normalized spacial score (nSPS) is 21.2. The van der Waals surface area contributed by atoms with E-state index in [1.54, 1.807) is 4.90 Å². The molecular formula is C19H27NO5. The fourth-order valence-electron chi connectivity index (χ4n) is 2.94. The highest BCUT2D eigenvalue weighted by Gasteiger charge is 2.35. The van der Waals surface area contributed by atoms with E-state index in [2.05, 4.69) is 0 Å². The Kier molecular flexibility index (Phi) is 4.25. The van der Waals surface area contributed by atoms with Crippen LogP contribution >= 0.6 is 0 Å². The van der Waals surface area contributed by atoms with Gasteiger partial charge in [0.1, 0.15) is 17.5 Å². The highest BCUT2D eigenvalue weighted by molar-refractivity contribution is 5.69. The first-order chi connectivity index (χ1) is 11.6. The van der Waals surface area contributed by atoms with Crippen molar-refractivity contribution in [3.05, 3.63) is 17.7 Å². The average molecular weight is 349 g/mol. The summed E-state index contributed by atoms with van der Waals surface area (Å²) in [6.07, 6.45) is 0.362. The van der Waals surface area contributed by atoms with Crippen molar-refractivity contribution in [1.82, 2.24) is 4.90 Å². The van der Waals surface area contributed by atoms with Crippen molar-refractivity contribution in [2.45, 2.75) is 72.0 Å². The lowest BCUT2D eigenvalue weighted by atomic mass is 10.1. The third kappa shape index (κ3) is 3.94. The van der Waals surface area contributed by atoms with E-state index in [1.807, 2.05) is 53.7 Å². The first-order valence-electron chi connectivity index (χ1n) is 8.76. The molecule has 2 aliphatic rings. The Bertz CT molecular complexity index is 677. The largest absolute Gasteiger partial charge is 0.488 e. The second-order valence-corrected chi connectivity index (χ2v) is 8.02. The summed E-state index contributed by atoms with van der Waals surface area (Å²) < 4.78 is 23.3. The van der Waals surface area contributed by atoms with Gasteiger partial charge in [0.25, 0.3) is 0 Å². The highest BCUT2D eigenvalue weighted by Crippen LogP contribution is 2.44. The van der Waals surface area contributed by atoms with Crippen LogP contribution in [0.25, 0.3) is 0 Å². The van der Waals surface area contributed by atoms with E-state index in [0.717, 1.165) is 17.7 Å². The maximum Gasteiger partial charge on any atom is 0.410 e. The molecule has 0 bridgehead atoms. The number of carbonyl (C=O) groups is 1. The molecule has 0 saturated heterocycles. The summed E-state index contributed by atoms with van der Waals surface area (Å²) >= 11 is 0. The lowest BCUT2D eigenvalue weighted by Crippen LogP contribution is -2.40. The SMILES string of the molecule is CC[C@@H]1CN(C(=O)OC(C)(C)C)Cc2cc3c(cc2O1)OC(C)(C)O3. The van der Waals surface area contributed by atoms with Gasteiger partial charge in [-0.1, -0.05) is 6.92 Å². The van der Waals surface area contributed by atoms with Crippen LogP contribution in [0, 0.1) is 0 Å². The van der Waals surface area contributed by atoms with Crippen LogP contribution in [-0.4, -0.2) is 35.0 Å². The van der Waals surface area contributed by atoms with Crippen molar-refractivity contribution < 1.29 is 23.7 Å². The van der Waals surface area contributed by atoms with E-state index in [4.69, 9.17) is 18.9 Å². The molecule has 0 spiro atoms. The smallest absolute Gasteiger partial charge is 0.410 e. The number of amides is 1. The number of ether oxygens (including phenoxy) is 4. The Balaban J connectivity index is 1.90. The molecule has 0 saturated carbocycles. The molecule has 1 aromatic carbocycles. The molecule has 0 aliphatic carbocycles. The van der Waals surface area contributed by atoms with Crippen LogP contribution in [-0.2, 0) is 11.3 Å². The van der Waals surface area contributed by atoms with Crippen LogP contribution in [0.2, 0.25) is 0 Å². The summed E-state index contributed by atoms with van der Waals surface area (Å²) in [6, 6.07) is 3.76. The number of hydrogen-bond acceptors (Lipinski definition) is 5. The molecule has 0 unspecified atom stereocenters. The molecule has 6 heteroatoms. The average Bonchev–Trinajstić information content (AvgIpc) is 2.64. The first kappa shape index (κ1) is 17.7. The maximum absolute atomic E-state index is 12.6. The van der Waals surface area contributed by atoms with Crippen molar-refractivity contribution in [1.29, 1.82) is 0 Å². The summed E-state index contributed by atoms with van der Waals surface area (Å²) in [6.45, 7) is 12.3.